The summed E-state index contributed by atoms with van der Waals surface area (Å²) in [4.78, 5) is 23.4. The number of non-ortho nitro benzene ring substituents is 1. The summed E-state index contributed by atoms with van der Waals surface area (Å²) < 4.78 is 11.3. The summed E-state index contributed by atoms with van der Waals surface area (Å²) in [5, 5.41) is 17.4. The smallest absolute Gasteiger partial charge is 0.269 e. The molecule has 4 rings (SSSR count). The molecule has 0 aromatic heterocycles. The van der Waals surface area contributed by atoms with E-state index < -0.39 is 4.92 Å². The molecule has 8 nitrogen and oxygen atoms in total. The van der Waals surface area contributed by atoms with Crippen molar-refractivity contribution in [2.24, 2.45) is 0 Å². The first-order chi connectivity index (χ1) is 17.4. The number of benzene rings is 3. The lowest BCUT2D eigenvalue weighted by atomic mass is 10.1. The van der Waals surface area contributed by atoms with Gasteiger partial charge in [0.2, 0.25) is 0 Å². The monoisotopic (exact) mass is 525 g/mol. The van der Waals surface area contributed by atoms with E-state index in [0.29, 0.717) is 27.0 Å². The van der Waals surface area contributed by atoms with E-state index in [9.17, 15) is 14.9 Å². The normalized spacial score (nSPS) is 16.0. The highest BCUT2D eigenvalue weighted by atomic mass is 35.5. The third-order valence-electron chi connectivity index (χ3n) is 5.47. The van der Waals surface area contributed by atoms with Gasteiger partial charge in [0, 0.05) is 17.8 Å². The predicted octanol–water partition coefficient (Wildman–Crippen LogP) is 6.00. The average Bonchev–Trinajstić information content (AvgIpc) is 3.21. The molecule has 0 spiro atoms. The molecule has 1 aliphatic rings. The number of thioether (sulfide) groups is 1. The molecular weight excluding hydrogens is 502 g/mol. The number of amides is 1. The molecule has 0 aliphatic carbocycles. The van der Waals surface area contributed by atoms with Crippen LogP contribution in [0.4, 0.5) is 11.4 Å². The van der Waals surface area contributed by atoms with Crippen molar-refractivity contribution in [1.82, 2.24) is 5.32 Å². The summed E-state index contributed by atoms with van der Waals surface area (Å²) in [6.45, 7) is 2.25. The van der Waals surface area contributed by atoms with Crippen LogP contribution in [0.3, 0.4) is 0 Å². The van der Waals surface area contributed by atoms with Gasteiger partial charge in [0.05, 0.1) is 22.0 Å². The molecule has 1 atom stereocenters. The van der Waals surface area contributed by atoms with Gasteiger partial charge in [-0.05, 0) is 65.6 Å². The Morgan fingerprint density at radius 2 is 1.83 bits per heavy atom. The molecule has 1 aliphatic heterocycles. The van der Waals surface area contributed by atoms with Crippen molar-refractivity contribution in [3.63, 3.8) is 0 Å². The van der Waals surface area contributed by atoms with Crippen LogP contribution in [0.5, 0.6) is 11.5 Å². The van der Waals surface area contributed by atoms with Crippen LogP contribution in [-0.2, 0) is 17.8 Å². The number of carbonyl (C=O) groups excluding carboxylic acids is 1. The summed E-state index contributed by atoms with van der Waals surface area (Å²) in [7, 11) is 1.50. The second kappa shape index (κ2) is 11.4. The first-order valence-corrected chi connectivity index (χ1v) is 12.4. The van der Waals surface area contributed by atoms with Crippen molar-refractivity contribution in [1.29, 1.82) is 0 Å². The maximum absolute atomic E-state index is 12.5. The summed E-state index contributed by atoms with van der Waals surface area (Å²) >= 11 is 7.86. The number of ether oxygens (including phenoxy) is 2. The van der Waals surface area contributed by atoms with Crippen LogP contribution in [0, 0.1) is 10.1 Å². The van der Waals surface area contributed by atoms with E-state index in [1.165, 1.54) is 36.6 Å². The topological polar surface area (TPSA) is 103 Å². The Bertz CT molecular complexity index is 1300. The molecule has 0 bridgehead atoms. The van der Waals surface area contributed by atoms with E-state index in [1.54, 1.807) is 30.3 Å². The fraction of sp³-hybridized carbons (Fsp3) is 0.192. The maximum atomic E-state index is 12.5. The molecule has 3 aromatic rings. The van der Waals surface area contributed by atoms with Crippen molar-refractivity contribution in [3.8, 4) is 11.5 Å². The zero-order valence-electron chi connectivity index (χ0n) is 19.6. The Labute approximate surface area is 217 Å². The molecular formula is C26H24ClN3O5S. The molecule has 2 N–H and O–H groups in total. The van der Waals surface area contributed by atoms with E-state index in [4.69, 9.17) is 21.1 Å². The van der Waals surface area contributed by atoms with E-state index in [-0.39, 0.29) is 23.7 Å². The van der Waals surface area contributed by atoms with Crippen molar-refractivity contribution in [2.75, 3.05) is 12.4 Å². The van der Waals surface area contributed by atoms with Crippen LogP contribution in [0.15, 0.2) is 65.6 Å². The highest BCUT2D eigenvalue weighted by Crippen LogP contribution is 2.39. The Hall–Kier alpha value is -3.69. The summed E-state index contributed by atoms with van der Waals surface area (Å²) in [5.41, 5.74) is 3.31. The molecule has 1 saturated heterocycles. The van der Waals surface area contributed by atoms with Gasteiger partial charge in [0.1, 0.15) is 6.61 Å². The zero-order chi connectivity index (χ0) is 25.7. The minimum Gasteiger partial charge on any atom is -0.493 e. The highest BCUT2D eigenvalue weighted by Gasteiger charge is 2.27. The van der Waals surface area contributed by atoms with Gasteiger partial charge >= 0.3 is 0 Å². The number of aryl methyl sites for hydroxylation is 1. The maximum Gasteiger partial charge on any atom is 0.269 e. The van der Waals surface area contributed by atoms with Crippen LogP contribution in [-0.4, -0.2) is 23.4 Å². The summed E-state index contributed by atoms with van der Waals surface area (Å²) in [6, 6.07) is 17.6. The van der Waals surface area contributed by atoms with Gasteiger partial charge < -0.3 is 20.1 Å². The fourth-order valence-corrected chi connectivity index (χ4v) is 4.80. The lowest BCUT2D eigenvalue weighted by Crippen LogP contribution is -2.30. The van der Waals surface area contributed by atoms with Crippen LogP contribution < -0.4 is 20.1 Å². The molecule has 10 heteroatoms. The van der Waals surface area contributed by atoms with Gasteiger partial charge in [-0.1, -0.05) is 42.4 Å². The average molecular weight is 526 g/mol. The number of hydrogen-bond donors (Lipinski definition) is 2. The summed E-state index contributed by atoms with van der Waals surface area (Å²) in [6.07, 6.45) is 2.71. The molecule has 1 heterocycles. The van der Waals surface area contributed by atoms with Crippen molar-refractivity contribution < 1.29 is 19.2 Å². The van der Waals surface area contributed by atoms with Crippen molar-refractivity contribution in [2.45, 2.75) is 25.4 Å². The molecule has 1 amide bonds. The first-order valence-electron chi connectivity index (χ1n) is 11.1. The standard InChI is InChI=1S/C26H24ClN3O5S/c1-3-16-4-8-19(9-5-16)28-26-29-25(31)23(36-26)14-18-12-21(27)24(22(13-18)34-2)35-15-17-6-10-20(11-7-17)30(32)33/h4-14,26,28H,3,15H2,1-2H3,(H,29,31)/b23-14-/t26-/m0/s1. The fourth-order valence-electron chi connectivity index (χ4n) is 3.54. The van der Waals surface area contributed by atoms with Gasteiger partial charge in [-0.2, -0.15) is 0 Å². The number of nitrogens with zero attached hydrogens (tertiary/aromatic N) is 1. The molecule has 3 aromatic carbocycles. The van der Waals surface area contributed by atoms with Gasteiger partial charge in [-0.15, -0.1) is 0 Å². The third kappa shape index (κ3) is 6.10. The first kappa shape index (κ1) is 25.4. The molecule has 186 valence electrons. The van der Waals surface area contributed by atoms with E-state index in [0.717, 1.165) is 17.7 Å². The Morgan fingerprint density at radius 1 is 1.14 bits per heavy atom. The number of halogens is 1. The lowest BCUT2D eigenvalue weighted by Gasteiger charge is -2.14. The Kier molecular flexibility index (Phi) is 8.02. The number of carbonyl (C=O) groups is 1. The molecule has 0 saturated carbocycles. The number of rotatable bonds is 9. The van der Waals surface area contributed by atoms with Crippen molar-refractivity contribution >= 4 is 46.7 Å². The second-order valence-electron chi connectivity index (χ2n) is 7.92. The molecule has 0 radical (unpaired) electrons. The largest absolute Gasteiger partial charge is 0.493 e. The SMILES string of the molecule is CCc1ccc(N[C@H]2NC(=O)/C(=C/c3cc(Cl)c(OCc4ccc([N+](=O)[O-])cc4)c(OC)c3)S2)cc1. The van der Waals surface area contributed by atoms with Gasteiger partial charge in [0.25, 0.3) is 11.6 Å². The number of hydrogen-bond acceptors (Lipinski definition) is 7. The van der Waals surface area contributed by atoms with Gasteiger partial charge in [-0.25, -0.2) is 0 Å². The zero-order valence-corrected chi connectivity index (χ0v) is 21.2. The summed E-state index contributed by atoms with van der Waals surface area (Å²) in [5.74, 6) is 0.569. The van der Waals surface area contributed by atoms with Crippen LogP contribution in [0.25, 0.3) is 6.08 Å². The minimum atomic E-state index is -0.456. The number of anilines is 1. The highest BCUT2D eigenvalue weighted by molar-refractivity contribution is 8.05. The second-order valence-corrected chi connectivity index (χ2v) is 9.48. The molecule has 0 unspecified atom stereocenters. The third-order valence-corrected chi connectivity index (χ3v) is 6.78. The Balaban J connectivity index is 1.45. The minimum absolute atomic E-state index is 0.00686. The molecule has 1 fully saturated rings. The number of nitro benzene ring substituents is 1. The quantitative estimate of drug-likeness (QED) is 0.201. The van der Waals surface area contributed by atoms with E-state index >= 15 is 0 Å². The molecule has 36 heavy (non-hydrogen) atoms. The van der Waals surface area contributed by atoms with E-state index in [1.807, 2.05) is 12.1 Å². The van der Waals surface area contributed by atoms with Gasteiger partial charge in [0.15, 0.2) is 17.0 Å². The van der Waals surface area contributed by atoms with E-state index in [2.05, 4.69) is 29.7 Å². The van der Waals surface area contributed by atoms with Crippen LogP contribution >= 0.6 is 23.4 Å². The number of nitrogens with one attached hydrogen (secondary N) is 2. The van der Waals surface area contributed by atoms with Gasteiger partial charge in [-0.3, -0.25) is 14.9 Å². The Morgan fingerprint density at radius 3 is 2.47 bits per heavy atom. The number of nitro groups is 1. The van der Waals surface area contributed by atoms with Crippen molar-refractivity contribution in [3.05, 3.63) is 97.4 Å². The van der Waals surface area contributed by atoms with Crippen LogP contribution in [0.2, 0.25) is 5.02 Å². The number of methoxy groups -OCH3 is 1. The predicted molar refractivity (Wildman–Crippen MR) is 142 cm³/mol. The van der Waals surface area contributed by atoms with Crippen LogP contribution in [0.1, 0.15) is 23.6 Å². The lowest BCUT2D eigenvalue weighted by molar-refractivity contribution is -0.384.